The number of aromatic hydroxyl groups is 1. The molecule has 1 atom stereocenters. The molecule has 0 spiro atoms. The van der Waals surface area contributed by atoms with Gasteiger partial charge < -0.3 is 15.7 Å². The van der Waals surface area contributed by atoms with Crippen LogP contribution in [0.5, 0.6) is 5.75 Å². The number of phenolic OH excluding ortho intramolecular Hbond substituents is 1. The molecule has 0 radical (unpaired) electrons. The molecule has 17 heavy (non-hydrogen) atoms. The van der Waals surface area contributed by atoms with Crippen molar-refractivity contribution in [1.29, 1.82) is 0 Å². The van der Waals surface area contributed by atoms with Crippen molar-refractivity contribution in [3.05, 3.63) is 29.8 Å². The summed E-state index contributed by atoms with van der Waals surface area (Å²) in [5, 5.41) is 14.5. The Bertz CT molecular complexity index is 465. The Morgan fingerprint density at radius 1 is 1.18 bits per heavy atom. The van der Waals surface area contributed by atoms with Gasteiger partial charge in [0.15, 0.2) is 0 Å². The van der Waals surface area contributed by atoms with Crippen LogP contribution in [0.3, 0.4) is 0 Å². The van der Waals surface area contributed by atoms with Gasteiger partial charge in [0.1, 0.15) is 17.3 Å². The van der Waals surface area contributed by atoms with Crippen LogP contribution in [0.1, 0.15) is 25.5 Å². The number of nitrogens with one attached hydrogen (secondary N) is 2. The number of rotatable bonds is 1. The van der Waals surface area contributed by atoms with Crippen molar-refractivity contribution in [2.45, 2.75) is 25.4 Å². The lowest BCUT2D eigenvalue weighted by molar-refractivity contribution is -0.140. The van der Waals surface area contributed by atoms with Crippen LogP contribution in [0, 0.1) is 0 Å². The average molecular weight is 234 g/mol. The van der Waals surface area contributed by atoms with Crippen molar-refractivity contribution in [2.75, 3.05) is 0 Å². The maximum absolute atomic E-state index is 11.9. The molecule has 1 aromatic rings. The van der Waals surface area contributed by atoms with Crippen molar-refractivity contribution in [2.24, 2.45) is 0 Å². The van der Waals surface area contributed by atoms with E-state index < -0.39 is 11.6 Å². The minimum atomic E-state index is -0.884. The summed E-state index contributed by atoms with van der Waals surface area (Å²) in [6.45, 7) is 3.29. The Hall–Kier alpha value is -2.04. The first-order chi connectivity index (χ1) is 7.90. The molecule has 1 saturated heterocycles. The first kappa shape index (κ1) is 11.4. The molecule has 2 amide bonds. The van der Waals surface area contributed by atoms with Gasteiger partial charge in [0.25, 0.3) is 0 Å². The fourth-order valence-corrected chi connectivity index (χ4v) is 1.72. The maximum atomic E-state index is 11.9. The Morgan fingerprint density at radius 2 is 1.76 bits per heavy atom. The topological polar surface area (TPSA) is 78.4 Å². The molecule has 1 heterocycles. The number of amides is 2. The van der Waals surface area contributed by atoms with Gasteiger partial charge in [0.2, 0.25) is 11.8 Å². The van der Waals surface area contributed by atoms with Gasteiger partial charge in [-0.1, -0.05) is 12.1 Å². The lowest BCUT2D eigenvalue weighted by atomic mass is 9.96. The van der Waals surface area contributed by atoms with E-state index in [0.29, 0.717) is 5.56 Å². The minimum Gasteiger partial charge on any atom is -0.508 e. The number of benzene rings is 1. The second-order valence-electron chi connectivity index (χ2n) is 4.61. The normalized spacial score (nSPS) is 22.8. The van der Waals surface area contributed by atoms with Gasteiger partial charge in [-0.3, -0.25) is 9.59 Å². The van der Waals surface area contributed by atoms with E-state index in [1.807, 2.05) is 0 Å². The van der Waals surface area contributed by atoms with Gasteiger partial charge >= 0.3 is 0 Å². The summed E-state index contributed by atoms with van der Waals surface area (Å²) in [5.41, 5.74) is -0.242. The minimum absolute atomic E-state index is 0.122. The zero-order valence-corrected chi connectivity index (χ0v) is 9.65. The van der Waals surface area contributed by atoms with Crippen molar-refractivity contribution in [1.82, 2.24) is 10.6 Å². The first-order valence-corrected chi connectivity index (χ1v) is 5.32. The standard InChI is InChI=1S/C12H14N2O3/c1-12(2)11(17)13-9(10(16)14-12)7-3-5-8(15)6-4-7/h3-6,9,15H,1-2H3,(H,13,17)(H,14,16)/t9-/m1/s1. The first-order valence-electron chi connectivity index (χ1n) is 5.32. The van der Waals surface area contributed by atoms with Crippen LogP contribution in [0.25, 0.3) is 0 Å². The summed E-state index contributed by atoms with van der Waals surface area (Å²) in [7, 11) is 0. The molecule has 0 bridgehead atoms. The van der Waals surface area contributed by atoms with Crippen LogP contribution < -0.4 is 10.6 Å². The molecule has 0 saturated carbocycles. The van der Waals surface area contributed by atoms with Crippen LogP contribution in [0.15, 0.2) is 24.3 Å². The van der Waals surface area contributed by atoms with E-state index in [1.54, 1.807) is 26.0 Å². The highest BCUT2D eigenvalue weighted by Crippen LogP contribution is 2.21. The SMILES string of the molecule is CC1(C)NC(=O)[C@@H](c2ccc(O)cc2)NC1=O. The van der Waals surface area contributed by atoms with E-state index in [4.69, 9.17) is 5.11 Å². The van der Waals surface area contributed by atoms with Crippen LogP contribution in [0.4, 0.5) is 0 Å². The predicted molar refractivity (Wildman–Crippen MR) is 61.2 cm³/mol. The quantitative estimate of drug-likeness (QED) is 0.660. The van der Waals surface area contributed by atoms with Crippen LogP contribution in [0.2, 0.25) is 0 Å². The zero-order chi connectivity index (χ0) is 12.6. The largest absolute Gasteiger partial charge is 0.508 e. The van der Waals surface area contributed by atoms with Crippen LogP contribution >= 0.6 is 0 Å². The molecule has 90 valence electrons. The molecule has 1 fully saturated rings. The molecule has 1 aliphatic rings. The molecule has 0 unspecified atom stereocenters. The summed E-state index contributed by atoms with van der Waals surface area (Å²) in [5.74, 6) is -0.355. The van der Waals surface area contributed by atoms with Gasteiger partial charge in [-0.25, -0.2) is 0 Å². The van der Waals surface area contributed by atoms with Gasteiger partial charge in [0, 0.05) is 0 Å². The molecule has 0 aromatic heterocycles. The molecule has 5 nitrogen and oxygen atoms in total. The summed E-state index contributed by atoms with van der Waals surface area (Å²) in [6, 6.07) is 5.48. The zero-order valence-electron chi connectivity index (χ0n) is 9.65. The van der Waals surface area contributed by atoms with Crippen molar-refractivity contribution in [3.63, 3.8) is 0 Å². The summed E-state index contributed by atoms with van der Waals surface area (Å²) in [6.07, 6.45) is 0. The number of piperazine rings is 1. The highest BCUT2D eigenvalue weighted by atomic mass is 16.3. The average Bonchev–Trinajstić information content (AvgIpc) is 2.24. The lowest BCUT2D eigenvalue weighted by Crippen LogP contribution is -2.63. The highest BCUT2D eigenvalue weighted by Gasteiger charge is 2.39. The Morgan fingerprint density at radius 3 is 2.35 bits per heavy atom. The van der Waals surface area contributed by atoms with Gasteiger partial charge in [-0.2, -0.15) is 0 Å². The number of hydrogen-bond donors (Lipinski definition) is 3. The van der Waals surface area contributed by atoms with Crippen LogP contribution in [-0.4, -0.2) is 22.5 Å². The van der Waals surface area contributed by atoms with E-state index in [-0.39, 0.29) is 17.6 Å². The Labute approximate surface area is 98.8 Å². The Kier molecular flexibility index (Phi) is 2.53. The fraction of sp³-hybridized carbons (Fsp3) is 0.333. The number of carbonyl (C=O) groups is 2. The molecule has 3 N–H and O–H groups in total. The molecular formula is C12H14N2O3. The number of carbonyl (C=O) groups excluding carboxylic acids is 2. The third kappa shape index (κ3) is 2.08. The lowest BCUT2D eigenvalue weighted by Gasteiger charge is -2.34. The van der Waals surface area contributed by atoms with E-state index in [9.17, 15) is 9.59 Å². The van der Waals surface area contributed by atoms with Crippen LogP contribution in [-0.2, 0) is 9.59 Å². The monoisotopic (exact) mass is 234 g/mol. The molecule has 5 heteroatoms. The molecular weight excluding hydrogens is 220 g/mol. The predicted octanol–water partition coefficient (Wildman–Crippen LogP) is 0.458. The van der Waals surface area contributed by atoms with E-state index >= 15 is 0 Å². The molecule has 1 aliphatic heterocycles. The molecule has 0 aliphatic carbocycles. The highest BCUT2D eigenvalue weighted by molar-refractivity contribution is 5.99. The van der Waals surface area contributed by atoms with E-state index in [2.05, 4.69) is 10.6 Å². The second-order valence-corrected chi connectivity index (χ2v) is 4.61. The van der Waals surface area contributed by atoms with Crippen molar-refractivity contribution >= 4 is 11.8 Å². The molecule has 2 rings (SSSR count). The number of phenols is 1. The summed E-state index contributed by atoms with van der Waals surface area (Å²) < 4.78 is 0. The fourth-order valence-electron chi connectivity index (χ4n) is 1.72. The second kappa shape index (κ2) is 3.76. The van der Waals surface area contributed by atoms with Crippen molar-refractivity contribution < 1.29 is 14.7 Å². The van der Waals surface area contributed by atoms with Gasteiger partial charge in [-0.05, 0) is 31.5 Å². The maximum Gasteiger partial charge on any atom is 0.248 e. The van der Waals surface area contributed by atoms with Gasteiger partial charge in [0.05, 0.1) is 0 Å². The summed E-state index contributed by atoms with van der Waals surface area (Å²) in [4.78, 5) is 23.6. The van der Waals surface area contributed by atoms with Crippen molar-refractivity contribution in [3.8, 4) is 5.75 Å². The third-order valence-electron chi connectivity index (χ3n) is 2.77. The van der Waals surface area contributed by atoms with E-state index in [1.165, 1.54) is 12.1 Å². The smallest absolute Gasteiger partial charge is 0.248 e. The van der Waals surface area contributed by atoms with Gasteiger partial charge in [-0.15, -0.1) is 0 Å². The van der Waals surface area contributed by atoms with E-state index in [0.717, 1.165) is 0 Å². The number of hydrogen-bond acceptors (Lipinski definition) is 3. The summed E-state index contributed by atoms with van der Waals surface area (Å²) >= 11 is 0. The Balaban J connectivity index is 2.26. The molecule has 1 aromatic carbocycles. The third-order valence-corrected chi connectivity index (χ3v) is 2.77.